The number of nitro benzene ring substituents is 1. The van der Waals surface area contributed by atoms with Crippen LogP contribution in [0.3, 0.4) is 0 Å². The number of hydrogen-bond acceptors (Lipinski definition) is 6. The van der Waals surface area contributed by atoms with Crippen LogP contribution in [0.15, 0.2) is 36.4 Å². The molecule has 2 N–H and O–H groups in total. The Labute approximate surface area is 181 Å². The highest BCUT2D eigenvalue weighted by molar-refractivity contribution is 6.31. The Kier molecular flexibility index (Phi) is 14.5. The summed E-state index contributed by atoms with van der Waals surface area (Å²) in [4.78, 5) is 9.86. The largest absolute Gasteiger partial charge is 0.495 e. The van der Waals surface area contributed by atoms with Crippen molar-refractivity contribution in [2.24, 2.45) is 0 Å². The molecule has 3 rings (SSSR count). The van der Waals surface area contributed by atoms with Crippen molar-refractivity contribution in [3.63, 3.8) is 0 Å². The van der Waals surface area contributed by atoms with Crippen LogP contribution in [0.5, 0.6) is 11.5 Å². The topological polar surface area (TPSA) is 96.9 Å². The summed E-state index contributed by atoms with van der Waals surface area (Å²) in [7, 11) is 2.92. The maximum absolute atomic E-state index is 10.4. The van der Waals surface area contributed by atoms with Crippen LogP contribution in [0, 0.1) is 10.1 Å². The Morgan fingerprint density at radius 2 is 1.45 bits per heavy atom. The number of benzene rings is 2. The van der Waals surface area contributed by atoms with E-state index in [1.807, 2.05) is 13.8 Å². The zero-order valence-electron chi connectivity index (χ0n) is 17.1. The standard InChI is InChI=1S/C7H6ClNO3.C7H8ClNO.C4H8O.C2H6/c1-12-7-4-5(8)2-3-6(7)9(10)11;1-10-7-4-5(8)2-3-6(7)9;1-2-4-5-3-1;1-2/h2-4H,1H3;2-4H,9H2,1H3;1-4H2;1-2H3. The van der Waals surface area contributed by atoms with Crippen LogP contribution in [0.1, 0.15) is 26.7 Å². The molecular weight excluding hydrogens is 419 g/mol. The molecule has 0 aliphatic carbocycles. The van der Waals surface area contributed by atoms with Gasteiger partial charge in [0, 0.05) is 41.5 Å². The summed E-state index contributed by atoms with van der Waals surface area (Å²) in [5.41, 5.74) is 6.04. The molecule has 1 aliphatic heterocycles. The van der Waals surface area contributed by atoms with Crippen molar-refractivity contribution in [3.05, 3.63) is 56.6 Å². The van der Waals surface area contributed by atoms with Gasteiger partial charge in [-0.1, -0.05) is 37.0 Å². The molecule has 2 aromatic rings. The van der Waals surface area contributed by atoms with Crippen molar-refractivity contribution in [3.8, 4) is 11.5 Å². The van der Waals surface area contributed by atoms with Crippen molar-refractivity contribution in [1.82, 2.24) is 0 Å². The molecule has 29 heavy (non-hydrogen) atoms. The van der Waals surface area contributed by atoms with Gasteiger partial charge in [0.05, 0.1) is 24.8 Å². The number of nitro groups is 1. The van der Waals surface area contributed by atoms with Crippen molar-refractivity contribution < 1.29 is 19.1 Å². The first-order chi connectivity index (χ1) is 13.9. The molecule has 1 fully saturated rings. The van der Waals surface area contributed by atoms with Gasteiger partial charge < -0.3 is 19.9 Å². The van der Waals surface area contributed by atoms with Crippen LogP contribution in [-0.2, 0) is 4.74 Å². The zero-order chi connectivity index (χ0) is 22.2. The van der Waals surface area contributed by atoms with Crippen LogP contribution in [-0.4, -0.2) is 32.4 Å². The maximum atomic E-state index is 10.4. The number of ether oxygens (including phenoxy) is 3. The quantitative estimate of drug-likeness (QED) is 0.352. The molecule has 9 heteroatoms. The first-order valence-electron chi connectivity index (χ1n) is 9.03. The Hall–Kier alpha value is -2.22. The summed E-state index contributed by atoms with van der Waals surface area (Å²) in [5.74, 6) is 0.792. The second-order valence-corrected chi connectivity index (χ2v) is 6.15. The highest BCUT2D eigenvalue weighted by Crippen LogP contribution is 2.29. The molecule has 0 atom stereocenters. The number of halogens is 2. The van der Waals surface area contributed by atoms with Gasteiger partial charge in [-0.15, -0.1) is 0 Å². The van der Waals surface area contributed by atoms with Crippen LogP contribution >= 0.6 is 23.2 Å². The Bertz CT molecular complexity index is 733. The maximum Gasteiger partial charge on any atom is 0.311 e. The summed E-state index contributed by atoms with van der Waals surface area (Å²) < 4.78 is 14.6. The van der Waals surface area contributed by atoms with Crippen molar-refractivity contribution in [2.45, 2.75) is 26.7 Å². The minimum atomic E-state index is -0.519. The van der Waals surface area contributed by atoms with Crippen molar-refractivity contribution >= 4 is 34.6 Å². The summed E-state index contributed by atoms with van der Waals surface area (Å²) >= 11 is 11.3. The van der Waals surface area contributed by atoms with E-state index < -0.39 is 4.92 Å². The number of methoxy groups -OCH3 is 2. The first-order valence-corrected chi connectivity index (χ1v) is 9.79. The van der Waals surface area contributed by atoms with E-state index >= 15 is 0 Å². The highest BCUT2D eigenvalue weighted by Gasteiger charge is 2.13. The lowest BCUT2D eigenvalue weighted by Crippen LogP contribution is -1.92. The molecule has 0 aromatic heterocycles. The van der Waals surface area contributed by atoms with E-state index in [1.165, 1.54) is 38.2 Å². The lowest BCUT2D eigenvalue weighted by atomic mass is 10.3. The highest BCUT2D eigenvalue weighted by atomic mass is 35.5. The molecule has 1 saturated heterocycles. The molecule has 0 saturated carbocycles. The average Bonchev–Trinajstić information content (AvgIpc) is 3.31. The number of hydrogen-bond donors (Lipinski definition) is 1. The Morgan fingerprint density at radius 3 is 1.83 bits per heavy atom. The second-order valence-electron chi connectivity index (χ2n) is 5.28. The van der Waals surface area contributed by atoms with E-state index in [0.717, 1.165) is 13.2 Å². The van der Waals surface area contributed by atoms with Gasteiger partial charge >= 0.3 is 5.69 Å². The zero-order valence-corrected chi connectivity index (χ0v) is 18.6. The van der Waals surface area contributed by atoms with Gasteiger partial charge in [0.2, 0.25) is 0 Å². The number of nitrogen functional groups attached to an aromatic ring is 1. The molecule has 7 nitrogen and oxygen atoms in total. The molecule has 0 unspecified atom stereocenters. The van der Waals surface area contributed by atoms with Gasteiger partial charge in [0.1, 0.15) is 5.75 Å². The molecule has 0 radical (unpaired) electrons. The molecule has 162 valence electrons. The van der Waals surface area contributed by atoms with Gasteiger partial charge in [-0.05, 0) is 31.0 Å². The average molecular weight is 447 g/mol. The Balaban J connectivity index is 0.000000414. The third-order valence-electron chi connectivity index (χ3n) is 3.36. The molecule has 1 aliphatic rings. The molecule has 0 spiro atoms. The first kappa shape index (κ1) is 26.8. The van der Waals surface area contributed by atoms with Crippen molar-refractivity contribution in [2.75, 3.05) is 33.2 Å². The minimum absolute atomic E-state index is 0.0816. The van der Waals surface area contributed by atoms with E-state index in [2.05, 4.69) is 0 Å². The number of rotatable bonds is 3. The predicted molar refractivity (Wildman–Crippen MR) is 118 cm³/mol. The monoisotopic (exact) mass is 446 g/mol. The van der Waals surface area contributed by atoms with Crippen molar-refractivity contribution in [1.29, 1.82) is 0 Å². The van der Waals surface area contributed by atoms with E-state index in [0.29, 0.717) is 21.5 Å². The fraction of sp³-hybridized carbons (Fsp3) is 0.400. The fourth-order valence-electron chi connectivity index (χ4n) is 2.00. The molecule has 1 heterocycles. The van der Waals surface area contributed by atoms with Crippen LogP contribution in [0.4, 0.5) is 11.4 Å². The van der Waals surface area contributed by atoms with E-state index in [1.54, 1.807) is 25.3 Å². The van der Waals surface area contributed by atoms with Gasteiger partial charge in [-0.25, -0.2) is 0 Å². The van der Waals surface area contributed by atoms with E-state index in [9.17, 15) is 10.1 Å². The van der Waals surface area contributed by atoms with Crippen LogP contribution in [0.2, 0.25) is 10.0 Å². The minimum Gasteiger partial charge on any atom is -0.495 e. The normalized spacial score (nSPS) is 11.5. The van der Waals surface area contributed by atoms with Gasteiger partial charge in [-0.3, -0.25) is 10.1 Å². The number of anilines is 1. The lowest BCUT2D eigenvalue weighted by molar-refractivity contribution is -0.385. The smallest absolute Gasteiger partial charge is 0.311 e. The molecule has 0 amide bonds. The molecular formula is C20H28Cl2N2O5. The lowest BCUT2D eigenvalue weighted by Gasteiger charge is -2.02. The predicted octanol–water partition coefficient (Wildman–Crippen LogP) is 6.01. The Morgan fingerprint density at radius 1 is 0.966 bits per heavy atom. The SMILES string of the molecule is C1CCOC1.CC.COc1cc(Cl)ccc1N.COc1cc(Cl)ccc1[N+](=O)[O-]. The fourth-order valence-corrected chi connectivity index (χ4v) is 2.32. The third-order valence-corrected chi connectivity index (χ3v) is 3.83. The summed E-state index contributed by atoms with van der Waals surface area (Å²) in [6, 6.07) is 9.26. The van der Waals surface area contributed by atoms with E-state index in [4.69, 9.17) is 43.1 Å². The van der Waals surface area contributed by atoms with Gasteiger partial charge in [0.15, 0.2) is 5.75 Å². The second kappa shape index (κ2) is 15.7. The molecule has 2 aromatic carbocycles. The number of nitrogens with zero attached hydrogens (tertiary/aromatic N) is 1. The summed E-state index contributed by atoms with van der Waals surface area (Å²) in [6.07, 6.45) is 2.56. The summed E-state index contributed by atoms with van der Waals surface area (Å²) in [6.45, 7) is 6.00. The van der Waals surface area contributed by atoms with E-state index in [-0.39, 0.29) is 11.4 Å². The van der Waals surface area contributed by atoms with Crippen LogP contribution in [0.25, 0.3) is 0 Å². The number of nitrogens with two attached hydrogens (primary N) is 1. The molecule has 0 bridgehead atoms. The van der Waals surface area contributed by atoms with Crippen LogP contribution < -0.4 is 15.2 Å². The third kappa shape index (κ3) is 10.8. The van der Waals surface area contributed by atoms with Gasteiger partial charge in [0.25, 0.3) is 0 Å². The van der Waals surface area contributed by atoms with Gasteiger partial charge in [-0.2, -0.15) is 0 Å². The summed E-state index contributed by atoms with van der Waals surface area (Å²) in [5, 5.41) is 11.4.